The predicted molar refractivity (Wildman–Crippen MR) is 83.9 cm³/mol. The molecule has 2 aromatic rings. The molecule has 4 nitrogen and oxygen atoms in total. The van der Waals surface area contributed by atoms with Crippen LogP contribution in [0, 0.1) is 6.92 Å². The molecule has 0 aliphatic heterocycles. The van der Waals surface area contributed by atoms with Crippen LogP contribution in [0.3, 0.4) is 0 Å². The third kappa shape index (κ3) is 3.28. The van der Waals surface area contributed by atoms with E-state index in [0.29, 0.717) is 5.75 Å². The van der Waals surface area contributed by atoms with Gasteiger partial charge in [0.1, 0.15) is 0 Å². The van der Waals surface area contributed by atoms with E-state index in [0.717, 1.165) is 11.3 Å². The first kappa shape index (κ1) is 15.2. The van der Waals surface area contributed by atoms with E-state index in [2.05, 4.69) is 5.32 Å². The highest BCUT2D eigenvalue weighted by Crippen LogP contribution is 2.33. The molecule has 0 heterocycles. The molecular formula is C17H21NO3. The van der Waals surface area contributed by atoms with Gasteiger partial charge in [-0.15, -0.1) is 0 Å². The number of aromatic hydroxyl groups is 1. The van der Waals surface area contributed by atoms with Gasteiger partial charge in [-0.1, -0.05) is 23.8 Å². The number of aliphatic hydroxyl groups is 1. The lowest BCUT2D eigenvalue weighted by Crippen LogP contribution is -2.35. The monoisotopic (exact) mass is 287 g/mol. The summed E-state index contributed by atoms with van der Waals surface area (Å²) in [4.78, 5) is 0. The van der Waals surface area contributed by atoms with Crippen molar-refractivity contribution in [2.24, 2.45) is 0 Å². The van der Waals surface area contributed by atoms with E-state index in [9.17, 15) is 10.2 Å². The van der Waals surface area contributed by atoms with Crippen LogP contribution in [-0.4, -0.2) is 23.9 Å². The van der Waals surface area contributed by atoms with Crippen molar-refractivity contribution in [3.63, 3.8) is 0 Å². The molecule has 112 valence electrons. The molecule has 0 amide bonds. The Hall–Kier alpha value is -2.20. The topological polar surface area (TPSA) is 61.7 Å². The molecule has 2 rings (SSSR count). The van der Waals surface area contributed by atoms with Crippen LogP contribution >= 0.6 is 0 Å². The Morgan fingerprint density at radius 3 is 2.38 bits per heavy atom. The molecule has 2 aromatic carbocycles. The van der Waals surface area contributed by atoms with Crippen LogP contribution in [0.1, 0.15) is 18.1 Å². The Balaban J connectivity index is 2.34. The van der Waals surface area contributed by atoms with E-state index < -0.39 is 5.54 Å². The molecule has 0 aromatic heterocycles. The SMILES string of the molecule is COc1cc(C(C)(CO)Nc2ccc(C)cc2)ccc1O. The maximum atomic E-state index is 9.82. The smallest absolute Gasteiger partial charge is 0.160 e. The van der Waals surface area contributed by atoms with E-state index in [-0.39, 0.29) is 12.4 Å². The summed E-state index contributed by atoms with van der Waals surface area (Å²) in [6.07, 6.45) is 0. The number of nitrogens with one attached hydrogen (secondary N) is 1. The first-order valence-electron chi connectivity index (χ1n) is 6.82. The van der Waals surface area contributed by atoms with Crippen molar-refractivity contribution in [3.8, 4) is 11.5 Å². The van der Waals surface area contributed by atoms with Gasteiger partial charge in [0.15, 0.2) is 11.5 Å². The van der Waals surface area contributed by atoms with Crippen LogP contribution in [0.4, 0.5) is 5.69 Å². The maximum absolute atomic E-state index is 9.82. The van der Waals surface area contributed by atoms with E-state index in [1.54, 1.807) is 18.2 Å². The fourth-order valence-corrected chi connectivity index (χ4v) is 2.18. The van der Waals surface area contributed by atoms with Gasteiger partial charge in [0.05, 0.1) is 19.3 Å². The number of phenols is 1. The van der Waals surface area contributed by atoms with Gasteiger partial charge in [0.25, 0.3) is 0 Å². The van der Waals surface area contributed by atoms with Gasteiger partial charge in [-0.25, -0.2) is 0 Å². The van der Waals surface area contributed by atoms with Crippen LogP contribution in [-0.2, 0) is 5.54 Å². The Bertz CT molecular complexity index is 610. The first-order valence-corrected chi connectivity index (χ1v) is 6.82. The van der Waals surface area contributed by atoms with Crippen molar-refractivity contribution >= 4 is 5.69 Å². The Morgan fingerprint density at radius 2 is 1.81 bits per heavy atom. The summed E-state index contributed by atoms with van der Waals surface area (Å²) in [7, 11) is 1.50. The molecule has 1 atom stereocenters. The number of methoxy groups -OCH3 is 1. The van der Waals surface area contributed by atoms with Crippen molar-refractivity contribution in [3.05, 3.63) is 53.6 Å². The standard InChI is InChI=1S/C17H21NO3/c1-12-4-7-14(8-5-12)18-17(2,11-19)13-6-9-15(20)16(10-13)21-3/h4-10,18-20H,11H2,1-3H3. The van der Waals surface area contributed by atoms with Crippen LogP contribution in [0.15, 0.2) is 42.5 Å². The van der Waals surface area contributed by atoms with Crippen LogP contribution in [0.2, 0.25) is 0 Å². The second kappa shape index (κ2) is 6.06. The zero-order valence-corrected chi connectivity index (χ0v) is 12.6. The lowest BCUT2D eigenvalue weighted by molar-refractivity contribution is 0.223. The molecule has 0 saturated carbocycles. The van der Waals surface area contributed by atoms with Crippen molar-refractivity contribution in [2.45, 2.75) is 19.4 Å². The number of hydrogen-bond acceptors (Lipinski definition) is 4. The van der Waals surface area contributed by atoms with E-state index in [1.807, 2.05) is 38.1 Å². The van der Waals surface area contributed by atoms with Gasteiger partial charge in [-0.3, -0.25) is 0 Å². The predicted octanol–water partition coefficient (Wildman–Crippen LogP) is 3.03. The summed E-state index contributed by atoms with van der Waals surface area (Å²) < 4.78 is 5.13. The fraction of sp³-hybridized carbons (Fsp3) is 0.294. The summed E-state index contributed by atoms with van der Waals surface area (Å²) in [5.74, 6) is 0.467. The summed E-state index contributed by atoms with van der Waals surface area (Å²) in [5.41, 5.74) is 2.26. The molecule has 0 radical (unpaired) electrons. The van der Waals surface area contributed by atoms with Crippen LogP contribution < -0.4 is 10.1 Å². The van der Waals surface area contributed by atoms with Crippen molar-refractivity contribution in [1.29, 1.82) is 0 Å². The highest BCUT2D eigenvalue weighted by Gasteiger charge is 2.26. The number of aryl methyl sites for hydroxylation is 1. The minimum atomic E-state index is -0.670. The normalized spacial score (nSPS) is 13.5. The molecular weight excluding hydrogens is 266 g/mol. The highest BCUT2D eigenvalue weighted by atomic mass is 16.5. The number of anilines is 1. The van der Waals surface area contributed by atoms with Crippen LogP contribution in [0.5, 0.6) is 11.5 Å². The van der Waals surface area contributed by atoms with Gasteiger partial charge in [0.2, 0.25) is 0 Å². The zero-order valence-electron chi connectivity index (χ0n) is 12.6. The second-order valence-corrected chi connectivity index (χ2v) is 5.37. The zero-order chi connectivity index (χ0) is 15.5. The van der Waals surface area contributed by atoms with E-state index in [4.69, 9.17) is 4.74 Å². The largest absolute Gasteiger partial charge is 0.504 e. The molecule has 0 saturated heterocycles. The molecule has 0 fully saturated rings. The van der Waals surface area contributed by atoms with Gasteiger partial charge in [0, 0.05) is 5.69 Å². The lowest BCUT2D eigenvalue weighted by Gasteiger charge is -2.31. The Morgan fingerprint density at radius 1 is 1.14 bits per heavy atom. The minimum absolute atomic E-state index is 0.0804. The average molecular weight is 287 g/mol. The molecule has 0 spiro atoms. The van der Waals surface area contributed by atoms with Gasteiger partial charge in [-0.05, 0) is 43.7 Å². The van der Waals surface area contributed by atoms with Crippen molar-refractivity contribution in [2.75, 3.05) is 19.0 Å². The second-order valence-electron chi connectivity index (χ2n) is 5.37. The number of phenolic OH excluding ortho intramolecular Hbond substituents is 1. The minimum Gasteiger partial charge on any atom is -0.504 e. The number of benzene rings is 2. The maximum Gasteiger partial charge on any atom is 0.160 e. The molecule has 21 heavy (non-hydrogen) atoms. The Labute approximate surface area is 125 Å². The first-order chi connectivity index (χ1) is 9.98. The third-order valence-corrected chi connectivity index (χ3v) is 3.60. The quantitative estimate of drug-likeness (QED) is 0.791. The third-order valence-electron chi connectivity index (χ3n) is 3.60. The van der Waals surface area contributed by atoms with Crippen molar-refractivity contribution < 1.29 is 14.9 Å². The van der Waals surface area contributed by atoms with Gasteiger partial charge < -0.3 is 20.3 Å². The summed E-state index contributed by atoms with van der Waals surface area (Å²) in [6, 6.07) is 13.0. The highest BCUT2D eigenvalue weighted by molar-refractivity contribution is 5.51. The average Bonchev–Trinajstić information content (AvgIpc) is 2.50. The number of rotatable bonds is 5. The molecule has 0 aliphatic carbocycles. The van der Waals surface area contributed by atoms with Crippen molar-refractivity contribution in [1.82, 2.24) is 0 Å². The summed E-state index contributed by atoms with van der Waals surface area (Å²) in [5, 5.41) is 22.8. The number of aliphatic hydroxyl groups excluding tert-OH is 1. The van der Waals surface area contributed by atoms with E-state index in [1.165, 1.54) is 12.7 Å². The molecule has 0 aliphatic rings. The van der Waals surface area contributed by atoms with Gasteiger partial charge in [-0.2, -0.15) is 0 Å². The van der Waals surface area contributed by atoms with Gasteiger partial charge >= 0.3 is 0 Å². The fourth-order valence-electron chi connectivity index (χ4n) is 2.18. The molecule has 4 heteroatoms. The molecule has 1 unspecified atom stereocenters. The summed E-state index contributed by atoms with van der Waals surface area (Å²) in [6.45, 7) is 3.84. The molecule has 0 bridgehead atoms. The summed E-state index contributed by atoms with van der Waals surface area (Å²) >= 11 is 0. The lowest BCUT2D eigenvalue weighted by atomic mass is 9.92. The van der Waals surface area contributed by atoms with E-state index >= 15 is 0 Å². The van der Waals surface area contributed by atoms with Crippen LogP contribution in [0.25, 0.3) is 0 Å². The number of hydrogen-bond donors (Lipinski definition) is 3. The number of ether oxygens (including phenoxy) is 1. The Kier molecular flexibility index (Phi) is 4.38. The molecule has 3 N–H and O–H groups in total.